The van der Waals surface area contributed by atoms with Gasteiger partial charge in [-0.1, -0.05) is 0 Å². The molecule has 0 amide bonds. The van der Waals surface area contributed by atoms with Gasteiger partial charge in [-0.3, -0.25) is 17.5 Å². The van der Waals surface area contributed by atoms with E-state index >= 15 is 0 Å². The minimum absolute atomic E-state index is 0. The van der Waals surface area contributed by atoms with Gasteiger partial charge in [-0.2, -0.15) is 8.42 Å². The van der Waals surface area contributed by atoms with Gasteiger partial charge >= 0.3 is 80.6 Å². The predicted octanol–water partition coefficient (Wildman–Crippen LogP) is -7.98. The summed E-state index contributed by atoms with van der Waals surface area (Å²) in [5.74, 6) is 0. The zero-order chi connectivity index (χ0) is 9.00. The fourth-order valence-corrected chi connectivity index (χ4v) is 0. The minimum atomic E-state index is -5.17. The van der Waals surface area contributed by atoms with Gasteiger partial charge in [-0.05, 0) is 0 Å². The van der Waals surface area contributed by atoms with Crippen LogP contribution in [0.2, 0.25) is 0 Å². The molecule has 0 saturated heterocycles. The molecule has 0 aliphatic heterocycles. The van der Waals surface area contributed by atoms with Gasteiger partial charge in [0, 0.05) is 10.4 Å². The van der Waals surface area contributed by atoms with Gasteiger partial charge in [-0.25, -0.2) is 0 Å². The zero-order valence-corrected chi connectivity index (χ0v) is 10.9. The van der Waals surface area contributed by atoms with Gasteiger partial charge in [0.1, 0.15) is 0 Å². The second kappa shape index (κ2) is 9.53. The monoisotopic (exact) mass is 240 g/mol. The summed E-state index contributed by atoms with van der Waals surface area (Å²) in [6.45, 7) is 0. The van der Waals surface area contributed by atoms with Crippen LogP contribution in [0.4, 0.5) is 0 Å². The third kappa shape index (κ3) is 370. The fraction of sp³-hybridized carbons (Fsp3) is 0. The number of hydrogen-bond donors (Lipinski definition) is 2. The molecule has 0 aromatic rings. The second-order valence-electron chi connectivity index (χ2n) is 0.856. The zero-order valence-electron chi connectivity index (χ0n) is 6.16. The predicted molar refractivity (Wildman–Crippen MR) is 24.7 cm³/mol. The molecule has 8 nitrogen and oxygen atoms in total. The van der Waals surface area contributed by atoms with Crippen molar-refractivity contribution in [3.63, 3.8) is 0 Å². The van der Waals surface area contributed by atoms with Crippen molar-refractivity contribution in [2.45, 2.75) is 0 Å². The van der Waals surface area contributed by atoms with Crippen molar-refractivity contribution >= 4 is 20.8 Å². The molecule has 0 unspecified atom stereocenters. The molecule has 0 aliphatic rings. The Morgan fingerprint density at radius 1 is 0.917 bits per heavy atom. The van der Waals surface area contributed by atoms with Crippen LogP contribution in [-0.4, -0.2) is 35.0 Å². The maximum atomic E-state index is 8.74. The molecule has 64 valence electrons. The topological polar surface area (TPSA) is 155 Å². The van der Waals surface area contributed by atoms with Crippen LogP contribution in [0.5, 0.6) is 0 Å². The molecule has 0 radical (unpaired) electrons. The summed E-state index contributed by atoms with van der Waals surface area (Å²) in [6.07, 6.45) is 0. The third-order valence-corrected chi connectivity index (χ3v) is 0. The van der Waals surface area contributed by atoms with E-state index in [4.69, 9.17) is 35.0 Å². The maximum absolute atomic E-state index is 8.74. The molecule has 12 heavy (non-hydrogen) atoms. The summed E-state index contributed by atoms with van der Waals surface area (Å²) in [6, 6.07) is 0. The number of rotatable bonds is 0. The van der Waals surface area contributed by atoms with E-state index in [-0.39, 0.29) is 70.2 Å². The molecule has 0 saturated carbocycles. The summed E-state index contributed by atoms with van der Waals surface area (Å²) >= 11 is 0. The summed E-state index contributed by atoms with van der Waals surface area (Å²) in [5, 5.41) is 0. The Bertz CT molecular complexity index is 213. The molecule has 0 aromatic carbocycles. The molecule has 0 heterocycles. The van der Waals surface area contributed by atoms with E-state index in [1.165, 1.54) is 0 Å². The Morgan fingerprint density at radius 3 is 0.917 bits per heavy atom. The Balaban J connectivity index is -0.0000000457. The van der Waals surface area contributed by atoms with E-state index in [0.717, 1.165) is 0 Å². The van der Waals surface area contributed by atoms with Gasteiger partial charge in [0.15, 0.2) is 0 Å². The van der Waals surface area contributed by atoms with Gasteiger partial charge in [0.25, 0.3) is 0 Å². The van der Waals surface area contributed by atoms with E-state index in [1.54, 1.807) is 0 Å². The van der Waals surface area contributed by atoms with Gasteiger partial charge < -0.3 is 9.11 Å². The molecule has 0 rings (SSSR count). The summed E-state index contributed by atoms with van der Waals surface area (Å²) in [7, 11) is -9.83. The van der Waals surface area contributed by atoms with Gasteiger partial charge in [-0.15, -0.1) is 0 Å². The molecule has 0 fully saturated rings. The van der Waals surface area contributed by atoms with Crippen molar-refractivity contribution in [2.75, 3.05) is 0 Å². The van der Waals surface area contributed by atoms with Crippen molar-refractivity contribution in [1.82, 2.24) is 0 Å². The van der Waals surface area contributed by atoms with Crippen LogP contribution in [0.3, 0.4) is 0 Å². The molecule has 12 heteroatoms. The largest absolute Gasteiger partial charge is 1.00 e. The smallest absolute Gasteiger partial charge is 0.759 e. The van der Waals surface area contributed by atoms with E-state index in [1.807, 2.05) is 0 Å². The molecular weight excluding hydrogens is 238 g/mol. The van der Waals surface area contributed by atoms with Crippen LogP contribution in [0.1, 0.15) is 0 Å². The molecule has 2 N–H and O–H groups in total. The SMILES string of the molecule is O=S(=O)(O)O.O=S(=O)([O-])[O-].[K+].[Li+]. The first-order valence-corrected chi connectivity index (χ1v) is 4.10. The Kier molecular flexibility index (Phi) is 18.8. The summed E-state index contributed by atoms with van der Waals surface area (Å²) in [5.41, 5.74) is 0. The Hall–Kier alpha value is 1.97. The first kappa shape index (κ1) is 23.6. The maximum Gasteiger partial charge on any atom is 1.00 e. The van der Waals surface area contributed by atoms with Crippen LogP contribution >= 0.6 is 0 Å². The van der Waals surface area contributed by atoms with Crippen LogP contribution in [0.15, 0.2) is 0 Å². The Morgan fingerprint density at radius 2 is 0.917 bits per heavy atom. The van der Waals surface area contributed by atoms with Gasteiger partial charge in [0.2, 0.25) is 0 Å². The molecular formula is H2KLiO8S2. The van der Waals surface area contributed by atoms with Crippen LogP contribution < -0.4 is 70.2 Å². The summed E-state index contributed by atoms with van der Waals surface area (Å²) in [4.78, 5) is 0. The molecule has 0 aliphatic carbocycles. The van der Waals surface area contributed by atoms with Crippen LogP contribution in [0, 0.1) is 0 Å². The van der Waals surface area contributed by atoms with Crippen molar-refractivity contribution in [3.8, 4) is 0 Å². The first-order valence-electron chi connectivity index (χ1n) is 1.37. The fourth-order valence-electron chi connectivity index (χ4n) is 0. The van der Waals surface area contributed by atoms with Gasteiger partial charge in [0.05, 0.1) is 0 Å². The van der Waals surface area contributed by atoms with E-state index < -0.39 is 20.8 Å². The van der Waals surface area contributed by atoms with Crippen LogP contribution in [-0.2, 0) is 20.8 Å². The first-order chi connectivity index (χ1) is 4.00. The molecule has 0 spiro atoms. The van der Waals surface area contributed by atoms with Crippen molar-refractivity contribution < 1.29 is 105 Å². The number of hydrogen-bond acceptors (Lipinski definition) is 6. The van der Waals surface area contributed by atoms with E-state index in [9.17, 15) is 0 Å². The minimum Gasteiger partial charge on any atom is -0.759 e. The normalized spacial score (nSPS) is 9.67. The van der Waals surface area contributed by atoms with E-state index in [0.29, 0.717) is 0 Å². The summed E-state index contributed by atoms with van der Waals surface area (Å²) < 4.78 is 65.7. The Labute approximate surface area is 124 Å². The molecule has 0 bridgehead atoms. The third-order valence-electron chi connectivity index (χ3n) is 0. The van der Waals surface area contributed by atoms with Crippen LogP contribution in [0.25, 0.3) is 0 Å². The standard InChI is InChI=1S/K.Li.2H2O4S/c;;2*1-5(2,3)4/h;;2*(H2,1,2,3,4)/q2*+1;;/p-2. The molecule has 0 atom stereocenters. The average Bonchev–Trinajstić information content (AvgIpc) is 1.12. The average molecular weight is 240 g/mol. The van der Waals surface area contributed by atoms with E-state index in [2.05, 4.69) is 0 Å². The van der Waals surface area contributed by atoms with Crippen molar-refractivity contribution in [2.24, 2.45) is 0 Å². The van der Waals surface area contributed by atoms with Crippen molar-refractivity contribution in [3.05, 3.63) is 0 Å². The quantitative estimate of drug-likeness (QED) is 0.240. The molecule has 0 aromatic heterocycles. The second-order valence-corrected chi connectivity index (χ2v) is 2.57. The van der Waals surface area contributed by atoms with Crippen molar-refractivity contribution in [1.29, 1.82) is 0 Å².